The van der Waals surface area contributed by atoms with Gasteiger partial charge in [-0.15, -0.1) is 0 Å². The lowest BCUT2D eigenvalue weighted by Gasteiger charge is -2.17. The fourth-order valence-electron chi connectivity index (χ4n) is 1.58. The Morgan fingerprint density at radius 2 is 1.75 bits per heavy atom. The first-order valence-electron chi connectivity index (χ1n) is 6.66. The second kappa shape index (κ2) is 6.88. The number of nitrogens with one attached hydrogen (secondary N) is 1. The third-order valence-electron chi connectivity index (χ3n) is 2.90. The van der Waals surface area contributed by atoms with Gasteiger partial charge in [-0.2, -0.15) is 0 Å². The highest BCUT2D eigenvalue weighted by atomic mass is 32.2. The molecule has 0 heterocycles. The van der Waals surface area contributed by atoms with E-state index >= 15 is 0 Å². The summed E-state index contributed by atoms with van der Waals surface area (Å²) in [5.74, 6) is 0.353. The number of anilines is 1. The fourth-order valence-corrected chi connectivity index (χ4v) is 2.48. The summed E-state index contributed by atoms with van der Waals surface area (Å²) in [6, 6.07) is 7.40. The highest BCUT2D eigenvalue weighted by Gasteiger charge is 2.18. The summed E-state index contributed by atoms with van der Waals surface area (Å²) in [7, 11) is 2.97. The maximum atomic E-state index is 11.9. The Morgan fingerprint density at radius 3 is 2.20 bits per heavy atom. The molecular formula is C15H24N2O2S. The van der Waals surface area contributed by atoms with E-state index in [4.69, 9.17) is 0 Å². The van der Waals surface area contributed by atoms with E-state index in [0.717, 1.165) is 5.69 Å². The number of rotatable bonds is 5. The molecule has 1 N–H and O–H groups in total. The smallest absolute Gasteiger partial charge is 0.251 e. The van der Waals surface area contributed by atoms with Crippen LogP contribution in [-0.2, 0) is 10.8 Å². The third-order valence-corrected chi connectivity index (χ3v) is 4.84. The van der Waals surface area contributed by atoms with E-state index in [-0.39, 0.29) is 10.7 Å². The minimum Gasteiger partial charge on any atom is -0.378 e. The minimum absolute atomic E-state index is 0.124. The van der Waals surface area contributed by atoms with Gasteiger partial charge in [0.1, 0.15) is 0 Å². The molecule has 0 aliphatic heterocycles. The number of carbonyl (C=O) groups is 1. The van der Waals surface area contributed by atoms with Gasteiger partial charge in [-0.05, 0) is 45.0 Å². The van der Waals surface area contributed by atoms with Crippen molar-refractivity contribution in [2.75, 3.05) is 31.3 Å². The topological polar surface area (TPSA) is 49.4 Å². The van der Waals surface area contributed by atoms with E-state index in [1.54, 1.807) is 12.1 Å². The highest BCUT2D eigenvalue weighted by molar-refractivity contribution is 7.86. The summed E-state index contributed by atoms with van der Waals surface area (Å²) in [5.41, 5.74) is 1.67. The van der Waals surface area contributed by atoms with Crippen molar-refractivity contribution >= 4 is 22.4 Å². The van der Waals surface area contributed by atoms with Crippen LogP contribution < -0.4 is 10.2 Å². The molecule has 1 amide bonds. The van der Waals surface area contributed by atoms with Crippen LogP contribution in [0.3, 0.4) is 0 Å². The molecule has 0 fully saturated rings. The van der Waals surface area contributed by atoms with Crippen LogP contribution in [-0.4, -0.2) is 41.3 Å². The molecule has 0 saturated heterocycles. The zero-order valence-corrected chi connectivity index (χ0v) is 13.7. The third kappa shape index (κ3) is 4.96. The van der Waals surface area contributed by atoms with Crippen LogP contribution in [0.15, 0.2) is 24.3 Å². The Hall–Kier alpha value is -1.36. The predicted octanol–water partition coefficient (Wildman–Crippen LogP) is 2.03. The van der Waals surface area contributed by atoms with Crippen LogP contribution >= 0.6 is 0 Å². The number of nitrogens with zero attached hydrogens (tertiary/aromatic N) is 1. The van der Waals surface area contributed by atoms with Gasteiger partial charge in [-0.1, -0.05) is 0 Å². The van der Waals surface area contributed by atoms with E-state index in [2.05, 4.69) is 5.32 Å². The number of hydrogen-bond donors (Lipinski definition) is 1. The van der Waals surface area contributed by atoms with Crippen molar-refractivity contribution in [2.45, 2.75) is 25.5 Å². The summed E-state index contributed by atoms with van der Waals surface area (Å²) in [4.78, 5) is 13.9. The van der Waals surface area contributed by atoms with Crippen LogP contribution in [0, 0.1) is 0 Å². The first-order chi connectivity index (χ1) is 9.21. The molecule has 112 valence electrons. The van der Waals surface area contributed by atoms with E-state index in [1.807, 2.05) is 51.9 Å². The molecule has 0 saturated carbocycles. The van der Waals surface area contributed by atoms with Crippen molar-refractivity contribution < 1.29 is 9.00 Å². The summed E-state index contributed by atoms with van der Waals surface area (Å²) in [5, 5.41) is 2.81. The van der Waals surface area contributed by atoms with Crippen molar-refractivity contribution in [1.82, 2.24) is 5.32 Å². The van der Waals surface area contributed by atoms with Crippen LogP contribution in [0.1, 0.15) is 31.1 Å². The van der Waals surface area contributed by atoms with Crippen LogP contribution in [0.25, 0.3) is 0 Å². The molecule has 0 aliphatic carbocycles. The molecule has 0 bridgehead atoms. The van der Waals surface area contributed by atoms with Crippen molar-refractivity contribution in [3.8, 4) is 0 Å². The van der Waals surface area contributed by atoms with Gasteiger partial charge in [0.15, 0.2) is 0 Å². The molecular weight excluding hydrogens is 272 g/mol. The largest absolute Gasteiger partial charge is 0.378 e. The predicted molar refractivity (Wildman–Crippen MR) is 85.9 cm³/mol. The zero-order valence-electron chi connectivity index (χ0n) is 12.9. The highest BCUT2D eigenvalue weighted by Crippen LogP contribution is 2.12. The number of hydrogen-bond acceptors (Lipinski definition) is 3. The molecule has 0 aromatic heterocycles. The van der Waals surface area contributed by atoms with Crippen LogP contribution in [0.5, 0.6) is 0 Å². The Labute approximate surface area is 124 Å². The zero-order chi connectivity index (χ0) is 15.3. The quantitative estimate of drug-likeness (QED) is 0.904. The molecule has 0 unspecified atom stereocenters. The second-order valence-corrected chi connectivity index (χ2v) is 8.18. The number of benzene rings is 1. The molecule has 1 rings (SSSR count). The van der Waals surface area contributed by atoms with Crippen molar-refractivity contribution in [1.29, 1.82) is 0 Å². The van der Waals surface area contributed by atoms with E-state index in [1.165, 1.54) is 0 Å². The summed E-state index contributed by atoms with van der Waals surface area (Å²) in [6.07, 6.45) is 0. The van der Waals surface area contributed by atoms with Gasteiger partial charge in [0, 0.05) is 53.2 Å². The number of amides is 1. The Bertz CT molecular complexity index is 476. The molecule has 5 heteroatoms. The van der Waals surface area contributed by atoms with E-state index in [0.29, 0.717) is 17.9 Å². The van der Waals surface area contributed by atoms with Crippen molar-refractivity contribution in [3.63, 3.8) is 0 Å². The van der Waals surface area contributed by atoms with Gasteiger partial charge in [0.2, 0.25) is 0 Å². The molecule has 0 radical (unpaired) electrons. The summed E-state index contributed by atoms with van der Waals surface area (Å²) < 4.78 is 11.6. The minimum atomic E-state index is -0.941. The standard InChI is InChI=1S/C15H24N2O2S/c1-15(2,3)20(19)11-10-16-14(18)12-6-8-13(9-7-12)17(4)5/h6-9H,10-11H2,1-5H3,(H,16,18)/t20-/m0/s1. The molecule has 1 aromatic carbocycles. The average molecular weight is 296 g/mol. The molecule has 0 spiro atoms. The lowest BCUT2D eigenvalue weighted by molar-refractivity contribution is 0.0956. The average Bonchev–Trinajstić information content (AvgIpc) is 2.37. The molecule has 20 heavy (non-hydrogen) atoms. The van der Waals surface area contributed by atoms with Gasteiger partial charge >= 0.3 is 0 Å². The van der Waals surface area contributed by atoms with E-state index in [9.17, 15) is 9.00 Å². The molecule has 4 nitrogen and oxygen atoms in total. The van der Waals surface area contributed by atoms with Crippen LogP contribution in [0.4, 0.5) is 5.69 Å². The van der Waals surface area contributed by atoms with Gasteiger partial charge in [0.05, 0.1) is 0 Å². The maximum absolute atomic E-state index is 11.9. The van der Waals surface area contributed by atoms with Crippen LogP contribution in [0.2, 0.25) is 0 Å². The van der Waals surface area contributed by atoms with Gasteiger partial charge in [-0.3, -0.25) is 9.00 Å². The number of carbonyl (C=O) groups excluding carboxylic acids is 1. The Morgan fingerprint density at radius 1 is 1.20 bits per heavy atom. The van der Waals surface area contributed by atoms with E-state index < -0.39 is 10.8 Å². The lowest BCUT2D eigenvalue weighted by atomic mass is 10.2. The maximum Gasteiger partial charge on any atom is 0.251 e. The second-order valence-electron chi connectivity index (χ2n) is 5.86. The van der Waals surface area contributed by atoms with Gasteiger partial charge < -0.3 is 10.2 Å². The Balaban J connectivity index is 2.49. The van der Waals surface area contributed by atoms with Gasteiger partial charge in [0.25, 0.3) is 5.91 Å². The molecule has 1 aromatic rings. The monoisotopic (exact) mass is 296 g/mol. The summed E-state index contributed by atoms with van der Waals surface area (Å²) >= 11 is 0. The van der Waals surface area contributed by atoms with Crippen molar-refractivity contribution in [3.05, 3.63) is 29.8 Å². The molecule has 1 atom stereocenters. The first kappa shape index (κ1) is 16.7. The molecule has 0 aliphatic rings. The Kier molecular flexibility index (Phi) is 5.74. The summed E-state index contributed by atoms with van der Waals surface area (Å²) in [6.45, 7) is 6.23. The SMILES string of the molecule is CN(C)c1ccc(C(=O)NCC[S@](=O)C(C)(C)C)cc1. The van der Waals surface area contributed by atoms with Crippen molar-refractivity contribution in [2.24, 2.45) is 0 Å². The lowest BCUT2D eigenvalue weighted by Crippen LogP contribution is -2.32. The fraction of sp³-hybridized carbons (Fsp3) is 0.533. The first-order valence-corrected chi connectivity index (χ1v) is 7.98. The normalized spacial score (nSPS) is 12.8. The van der Waals surface area contributed by atoms with Gasteiger partial charge in [-0.25, -0.2) is 0 Å².